The van der Waals surface area contributed by atoms with E-state index in [0.29, 0.717) is 25.3 Å². The highest BCUT2D eigenvalue weighted by Gasteiger charge is 2.29. The van der Waals surface area contributed by atoms with Crippen LogP contribution in [0.2, 0.25) is 5.28 Å². The molecule has 3 rings (SSSR count). The average Bonchev–Trinajstić information content (AvgIpc) is 2.58. The number of carbonyl (C=O) groups excluding carboxylic acids is 1. The van der Waals surface area contributed by atoms with Crippen molar-refractivity contribution in [2.45, 2.75) is 39.3 Å². The van der Waals surface area contributed by atoms with Gasteiger partial charge in [0.05, 0.1) is 12.2 Å². The van der Waals surface area contributed by atoms with Crippen molar-refractivity contribution in [1.29, 1.82) is 0 Å². The van der Waals surface area contributed by atoms with Crippen molar-refractivity contribution in [1.82, 2.24) is 14.9 Å². The van der Waals surface area contributed by atoms with Crippen molar-refractivity contribution < 1.29 is 14.6 Å². The van der Waals surface area contributed by atoms with Gasteiger partial charge in [0, 0.05) is 37.3 Å². The molecule has 0 aliphatic carbocycles. The molecule has 27 heavy (non-hydrogen) atoms. The molecule has 2 heterocycles. The number of benzene rings is 1. The zero-order chi connectivity index (χ0) is 19.8. The van der Waals surface area contributed by atoms with Gasteiger partial charge in [-0.25, -0.2) is 9.78 Å². The van der Waals surface area contributed by atoms with E-state index in [4.69, 9.17) is 16.3 Å². The van der Waals surface area contributed by atoms with Crippen LogP contribution in [-0.4, -0.2) is 45.3 Å². The molecular formula is C19H23ClN4O3. The number of amides is 1. The third-order valence-electron chi connectivity index (χ3n) is 4.20. The van der Waals surface area contributed by atoms with Gasteiger partial charge in [-0.3, -0.25) is 0 Å². The number of carbonyl (C=O) groups is 1. The number of hydrogen-bond acceptors (Lipinski definition) is 6. The Labute approximate surface area is 163 Å². The summed E-state index contributed by atoms with van der Waals surface area (Å²) < 4.78 is 5.49. The third kappa shape index (κ3) is 4.42. The Morgan fingerprint density at radius 1 is 1.33 bits per heavy atom. The van der Waals surface area contributed by atoms with Crippen LogP contribution in [0.15, 0.2) is 24.3 Å². The zero-order valence-electron chi connectivity index (χ0n) is 15.9. The van der Waals surface area contributed by atoms with Crippen molar-refractivity contribution in [3.05, 3.63) is 40.8 Å². The Morgan fingerprint density at radius 2 is 2.07 bits per heavy atom. The molecule has 0 saturated carbocycles. The van der Waals surface area contributed by atoms with Gasteiger partial charge < -0.3 is 19.6 Å². The number of phenolic OH excluding ortho intramolecular Hbond substituents is 1. The predicted octanol–water partition coefficient (Wildman–Crippen LogP) is 3.90. The number of phenols is 1. The molecule has 0 fully saturated rings. The maximum Gasteiger partial charge on any atom is 0.410 e. The molecule has 7 nitrogen and oxygen atoms in total. The number of anilines is 2. The molecule has 2 aromatic rings. The molecule has 0 unspecified atom stereocenters. The van der Waals surface area contributed by atoms with Gasteiger partial charge in [-0.2, -0.15) is 4.98 Å². The number of rotatable bonds is 2. The Morgan fingerprint density at radius 3 is 2.74 bits per heavy atom. The minimum atomic E-state index is -0.560. The van der Waals surface area contributed by atoms with Gasteiger partial charge in [0.15, 0.2) is 0 Å². The van der Waals surface area contributed by atoms with Crippen molar-refractivity contribution in [2.75, 3.05) is 18.5 Å². The number of nitrogens with zero attached hydrogens (tertiary/aromatic N) is 4. The smallest absolute Gasteiger partial charge is 0.410 e. The molecule has 0 atom stereocenters. The molecule has 0 bridgehead atoms. The molecule has 0 spiro atoms. The van der Waals surface area contributed by atoms with Crippen LogP contribution >= 0.6 is 11.6 Å². The van der Waals surface area contributed by atoms with Gasteiger partial charge in [-0.1, -0.05) is 6.07 Å². The zero-order valence-corrected chi connectivity index (χ0v) is 16.6. The first kappa shape index (κ1) is 19.2. The van der Waals surface area contributed by atoms with E-state index in [-0.39, 0.29) is 17.1 Å². The van der Waals surface area contributed by atoms with Gasteiger partial charge in [-0.05, 0) is 44.5 Å². The van der Waals surface area contributed by atoms with Crippen LogP contribution in [0.4, 0.5) is 16.3 Å². The summed E-state index contributed by atoms with van der Waals surface area (Å²) in [6.07, 6.45) is 0.201. The van der Waals surface area contributed by atoms with Crippen LogP contribution < -0.4 is 4.90 Å². The Balaban J connectivity index is 1.94. The SMILES string of the molecule is CN(c1cccc(O)c1)c1nc(Cl)nc2c1CN(C(=O)OC(C)(C)C)CC2. The summed E-state index contributed by atoms with van der Waals surface area (Å²) >= 11 is 6.13. The number of hydrogen-bond donors (Lipinski definition) is 1. The van der Waals surface area contributed by atoms with E-state index in [1.807, 2.05) is 38.8 Å². The quantitative estimate of drug-likeness (QED) is 0.783. The lowest BCUT2D eigenvalue weighted by atomic mass is 10.1. The molecule has 1 amide bonds. The summed E-state index contributed by atoms with van der Waals surface area (Å²) in [7, 11) is 1.83. The summed E-state index contributed by atoms with van der Waals surface area (Å²) in [5.41, 5.74) is 1.83. The average molecular weight is 391 g/mol. The lowest BCUT2D eigenvalue weighted by molar-refractivity contribution is 0.0223. The lowest BCUT2D eigenvalue weighted by Gasteiger charge is -2.32. The van der Waals surface area contributed by atoms with E-state index in [0.717, 1.165) is 16.9 Å². The Hall–Kier alpha value is -2.54. The van der Waals surface area contributed by atoms with Crippen LogP contribution in [0.1, 0.15) is 32.0 Å². The first-order valence-electron chi connectivity index (χ1n) is 8.70. The van der Waals surface area contributed by atoms with E-state index in [2.05, 4.69) is 9.97 Å². The normalized spacial score (nSPS) is 13.9. The maximum absolute atomic E-state index is 12.5. The summed E-state index contributed by atoms with van der Waals surface area (Å²) in [6, 6.07) is 6.85. The van der Waals surface area contributed by atoms with E-state index in [1.165, 1.54) is 0 Å². The van der Waals surface area contributed by atoms with Crippen molar-refractivity contribution in [3.63, 3.8) is 0 Å². The summed E-state index contributed by atoms with van der Waals surface area (Å²) in [5.74, 6) is 0.757. The minimum Gasteiger partial charge on any atom is -0.508 e. The van der Waals surface area contributed by atoms with Crippen LogP contribution in [0.5, 0.6) is 5.75 Å². The monoisotopic (exact) mass is 390 g/mol. The molecule has 1 N–H and O–H groups in total. The van der Waals surface area contributed by atoms with Crippen LogP contribution in [0.25, 0.3) is 0 Å². The number of aromatic hydroxyl groups is 1. The fourth-order valence-electron chi connectivity index (χ4n) is 2.95. The lowest BCUT2D eigenvalue weighted by Crippen LogP contribution is -2.40. The van der Waals surface area contributed by atoms with Gasteiger partial charge in [0.2, 0.25) is 5.28 Å². The standard InChI is InChI=1S/C19H23ClN4O3/c1-19(2,3)27-18(26)24-9-8-15-14(11-24)16(22-17(20)21-15)23(4)12-6-5-7-13(25)10-12/h5-7,10,25H,8-9,11H2,1-4H3. The largest absolute Gasteiger partial charge is 0.508 e. The molecular weight excluding hydrogens is 368 g/mol. The fraction of sp³-hybridized carbons (Fsp3) is 0.421. The molecule has 144 valence electrons. The molecule has 0 saturated heterocycles. The Bertz CT molecular complexity index is 867. The molecule has 0 radical (unpaired) electrons. The molecule has 1 aromatic heterocycles. The van der Waals surface area contributed by atoms with Crippen LogP contribution in [0, 0.1) is 0 Å². The predicted molar refractivity (Wildman–Crippen MR) is 104 cm³/mol. The van der Waals surface area contributed by atoms with Gasteiger partial charge in [0.1, 0.15) is 17.2 Å². The summed E-state index contributed by atoms with van der Waals surface area (Å²) in [6.45, 7) is 6.36. The van der Waals surface area contributed by atoms with Crippen LogP contribution in [0.3, 0.4) is 0 Å². The molecule has 1 aromatic carbocycles. The van der Waals surface area contributed by atoms with Gasteiger partial charge in [-0.15, -0.1) is 0 Å². The van der Waals surface area contributed by atoms with E-state index in [1.54, 1.807) is 23.1 Å². The number of fused-ring (bicyclic) bond motifs is 1. The van der Waals surface area contributed by atoms with Gasteiger partial charge in [0.25, 0.3) is 0 Å². The highest BCUT2D eigenvalue weighted by atomic mass is 35.5. The second kappa shape index (κ2) is 7.23. The highest BCUT2D eigenvalue weighted by Crippen LogP contribution is 2.32. The van der Waals surface area contributed by atoms with Crippen molar-refractivity contribution >= 4 is 29.2 Å². The maximum atomic E-state index is 12.5. The summed E-state index contributed by atoms with van der Waals surface area (Å²) in [4.78, 5) is 24.7. The number of aromatic nitrogens is 2. The van der Waals surface area contributed by atoms with Gasteiger partial charge >= 0.3 is 6.09 Å². The van der Waals surface area contributed by atoms with E-state index < -0.39 is 5.60 Å². The van der Waals surface area contributed by atoms with E-state index in [9.17, 15) is 9.90 Å². The first-order valence-corrected chi connectivity index (χ1v) is 9.08. The third-order valence-corrected chi connectivity index (χ3v) is 4.37. The number of ether oxygens (including phenoxy) is 1. The number of halogens is 1. The summed E-state index contributed by atoms with van der Waals surface area (Å²) in [5, 5.41) is 9.92. The minimum absolute atomic E-state index is 0.154. The second-order valence-electron chi connectivity index (χ2n) is 7.47. The van der Waals surface area contributed by atoms with Crippen LogP contribution in [-0.2, 0) is 17.7 Å². The molecule has 1 aliphatic rings. The van der Waals surface area contributed by atoms with E-state index >= 15 is 0 Å². The second-order valence-corrected chi connectivity index (χ2v) is 7.81. The molecule has 8 heteroatoms. The van der Waals surface area contributed by atoms with Crippen molar-refractivity contribution in [3.8, 4) is 5.75 Å². The van der Waals surface area contributed by atoms with Crippen molar-refractivity contribution in [2.24, 2.45) is 0 Å². The fourth-order valence-corrected chi connectivity index (χ4v) is 3.13. The topological polar surface area (TPSA) is 78.8 Å². The molecule has 1 aliphatic heterocycles. The first-order chi connectivity index (χ1) is 12.6. The Kier molecular flexibility index (Phi) is 5.15. The highest BCUT2D eigenvalue weighted by molar-refractivity contribution is 6.28.